The van der Waals surface area contributed by atoms with Crippen LogP contribution in [-0.2, 0) is 13.6 Å². The Kier molecular flexibility index (Phi) is 3.52. The maximum Gasteiger partial charge on any atom is 0.272 e. The van der Waals surface area contributed by atoms with Crippen LogP contribution in [0.4, 0.5) is 0 Å². The van der Waals surface area contributed by atoms with Gasteiger partial charge in [0.15, 0.2) is 5.82 Å². The highest BCUT2D eigenvalue weighted by Gasteiger charge is 2.35. The number of aromatic nitrogens is 4. The van der Waals surface area contributed by atoms with E-state index >= 15 is 0 Å². The molecule has 7 nitrogen and oxygen atoms in total. The third-order valence-electron chi connectivity index (χ3n) is 5.01. The summed E-state index contributed by atoms with van der Waals surface area (Å²) in [5.41, 5.74) is 0.701. The first-order valence-electron chi connectivity index (χ1n) is 8.09. The van der Waals surface area contributed by atoms with Crippen LogP contribution in [0.15, 0.2) is 16.2 Å². The topological polar surface area (TPSA) is 75.7 Å². The maximum absolute atomic E-state index is 12.4. The third-order valence-corrected chi connectivity index (χ3v) is 5.91. The maximum atomic E-state index is 12.4. The van der Waals surface area contributed by atoms with E-state index in [2.05, 4.69) is 28.9 Å². The van der Waals surface area contributed by atoms with Crippen molar-refractivity contribution in [3.63, 3.8) is 0 Å². The van der Waals surface area contributed by atoms with Gasteiger partial charge in [-0.15, -0.1) is 21.5 Å². The van der Waals surface area contributed by atoms with Crippen molar-refractivity contribution in [3.05, 3.63) is 27.6 Å². The largest absolute Gasteiger partial charge is 0.392 e. The van der Waals surface area contributed by atoms with Crippen molar-refractivity contribution >= 4 is 27.3 Å². The Labute approximate surface area is 143 Å². The highest BCUT2D eigenvalue weighted by Crippen LogP contribution is 2.30. The van der Waals surface area contributed by atoms with E-state index in [1.165, 1.54) is 11.3 Å². The monoisotopic (exact) mass is 347 g/mol. The van der Waals surface area contributed by atoms with Crippen molar-refractivity contribution < 1.29 is 5.11 Å². The van der Waals surface area contributed by atoms with Gasteiger partial charge in [-0.25, -0.2) is 0 Å². The summed E-state index contributed by atoms with van der Waals surface area (Å²) in [4.78, 5) is 14.7. The first kappa shape index (κ1) is 15.7. The number of aliphatic hydroxyl groups excluding tert-OH is 1. The molecule has 1 aliphatic heterocycles. The predicted octanol–water partition coefficient (Wildman–Crippen LogP) is 1.24. The lowest BCUT2D eigenvalue weighted by atomic mass is 9.81. The van der Waals surface area contributed by atoms with Gasteiger partial charge in [0.25, 0.3) is 5.56 Å². The number of aliphatic hydroxyl groups is 1. The summed E-state index contributed by atoms with van der Waals surface area (Å²) < 4.78 is 4.25. The Bertz CT molecular complexity index is 970. The minimum absolute atomic E-state index is 0.0336. The van der Waals surface area contributed by atoms with E-state index in [4.69, 9.17) is 0 Å². The highest BCUT2D eigenvalue weighted by molar-refractivity contribution is 7.17. The number of likely N-dealkylation sites (tertiary alicyclic amines) is 1. The van der Waals surface area contributed by atoms with E-state index in [1.54, 1.807) is 11.6 Å². The summed E-state index contributed by atoms with van der Waals surface area (Å²) in [6, 6.07) is 1.95. The van der Waals surface area contributed by atoms with Crippen molar-refractivity contribution in [1.82, 2.24) is 24.1 Å². The molecule has 0 aliphatic carbocycles. The second-order valence-electron chi connectivity index (χ2n) is 7.25. The van der Waals surface area contributed by atoms with E-state index in [0.29, 0.717) is 12.3 Å². The second kappa shape index (κ2) is 5.37. The SMILES string of the molecule is Cn1c(=O)c2sccc2n2c(CN3CCC(O)C(C)(C)C3)nnc12. The van der Waals surface area contributed by atoms with Gasteiger partial charge in [0.2, 0.25) is 5.78 Å². The van der Waals surface area contributed by atoms with E-state index in [-0.39, 0.29) is 17.1 Å². The molecule has 128 valence electrons. The molecule has 1 saturated heterocycles. The minimum Gasteiger partial charge on any atom is -0.392 e. The molecular weight excluding hydrogens is 326 g/mol. The lowest BCUT2D eigenvalue weighted by Crippen LogP contribution is -2.48. The number of aryl methyl sites for hydroxylation is 1. The second-order valence-corrected chi connectivity index (χ2v) is 8.17. The molecule has 4 rings (SSSR count). The molecule has 0 bridgehead atoms. The van der Waals surface area contributed by atoms with Gasteiger partial charge in [0.05, 0.1) is 18.2 Å². The Morgan fingerprint density at radius 2 is 2.21 bits per heavy atom. The van der Waals surface area contributed by atoms with E-state index in [9.17, 15) is 9.90 Å². The van der Waals surface area contributed by atoms with Gasteiger partial charge in [-0.2, -0.15) is 0 Å². The van der Waals surface area contributed by atoms with E-state index in [0.717, 1.165) is 35.6 Å². The van der Waals surface area contributed by atoms with Crippen molar-refractivity contribution in [2.45, 2.75) is 32.9 Å². The number of piperidine rings is 1. The smallest absolute Gasteiger partial charge is 0.272 e. The highest BCUT2D eigenvalue weighted by atomic mass is 32.1. The van der Waals surface area contributed by atoms with Gasteiger partial charge in [-0.1, -0.05) is 13.8 Å². The molecule has 1 N–H and O–H groups in total. The molecule has 8 heteroatoms. The van der Waals surface area contributed by atoms with Crippen molar-refractivity contribution in [2.75, 3.05) is 13.1 Å². The molecule has 1 fully saturated rings. The van der Waals surface area contributed by atoms with Crippen molar-refractivity contribution in [2.24, 2.45) is 12.5 Å². The summed E-state index contributed by atoms with van der Waals surface area (Å²) in [5, 5.41) is 20.6. The van der Waals surface area contributed by atoms with Crippen LogP contribution in [0, 0.1) is 5.41 Å². The summed E-state index contributed by atoms with van der Waals surface area (Å²) in [6.45, 7) is 6.47. The zero-order valence-corrected chi connectivity index (χ0v) is 14.9. The molecule has 0 spiro atoms. The summed E-state index contributed by atoms with van der Waals surface area (Å²) >= 11 is 1.44. The molecule has 3 aromatic rings. The Morgan fingerprint density at radius 1 is 1.42 bits per heavy atom. The fourth-order valence-electron chi connectivity index (χ4n) is 3.55. The van der Waals surface area contributed by atoms with Gasteiger partial charge in [0.1, 0.15) is 4.70 Å². The molecule has 1 unspecified atom stereocenters. The summed E-state index contributed by atoms with van der Waals surface area (Å²) in [7, 11) is 1.73. The molecule has 4 heterocycles. The molecular formula is C16H21N5O2S. The molecule has 0 saturated carbocycles. The Morgan fingerprint density at radius 3 is 2.96 bits per heavy atom. The molecule has 0 amide bonds. The average Bonchev–Trinajstić information content (AvgIpc) is 3.15. The molecule has 0 aromatic carbocycles. The fraction of sp³-hybridized carbons (Fsp3) is 0.562. The Balaban J connectivity index is 1.77. The molecule has 3 aromatic heterocycles. The number of thiophene rings is 1. The van der Waals surface area contributed by atoms with E-state index in [1.807, 2.05) is 15.8 Å². The van der Waals surface area contributed by atoms with Gasteiger partial charge in [-0.05, 0) is 17.9 Å². The van der Waals surface area contributed by atoms with Crippen LogP contribution in [0.2, 0.25) is 0 Å². The number of nitrogens with zero attached hydrogens (tertiary/aromatic N) is 5. The molecule has 1 aliphatic rings. The van der Waals surface area contributed by atoms with Crippen LogP contribution in [0.1, 0.15) is 26.1 Å². The quantitative estimate of drug-likeness (QED) is 0.755. The number of rotatable bonds is 2. The van der Waals surface area contributed by atoms with Crippen LogP contribution >= 0.6 is 11.3 Å². The Hall–Kier alpha value is -1.77. The summed E-state index contributed by atoms with van der Waals surface area (Å²) in [6.07, 6.45) is 0.490. The minimum atomic E-state index is -0.270. The standard InChI is InChI=1S/C16H21N5O2S/c1-16(2)9-20(6-4-11(16)22)8-12-17-18-15-19(3)14(23)13-10(21(12)15)5-7-24-13/h5,7,11,22H,4,6,8-9H2,1-3H3. The van der Waals surface area contributed by atoms with Crippen molar-refractivity contribution in [3.8, 4) is 0 Å². The van der Waals surface area contributed by atoms with Gasteiger partial charge < -0.3 is 5.11 Å². The molecule has 1 atom stereocenters. The van der Waals surface area contributed by atoms with Crippen LogP contribution in [-0.4, -0.2) is 48.4 Å². The van der Waals surface area contributed by atoms with Crippen molar-refractivity contribution in [1.29, 1.82) is 0 Å². The summed E-state index contributed by atoms with van der Waals surface area (Å²) in [5.74, 6) is 1.40. The van der Waals surface area contributed by atoms with Crippen LogP contribution in [0.3, 0.4) is 0 Å². The normalized spacial score (nSPS) is 21.8. The van der Waals surface area contributed by atoms with Crippen LogP contribution < -0.4 is 5.56 Å². The first-order chi connectivity index (χ1) is 11.4. The van der Waals surface area contributed by atoms with E-state index < -0.39 is 0 Å². The van der Waals surface area contributed by atoms with Crippen LogP contribution in [0.25, 0.3) is 16.0 Å². The number of fused-ring (bicyclic) bond motifs is 3. The third kappa shape index (κ3) is 2.28. The zero-order chi connectivity index (χ0) is 17.1. The number of hydrogen-bond acceptors (Lipinski definition) is 6. The predicted molar refractivity (Wildman–Crippen MR) is 93.3 cm³/mol. The molecule has 0 radical (unpaired) electrons. The first-order valence-corrected chi connectivity index (χ1v) is 8.97. The lowest BCUT2D eigenvalue weighted by molar-refractivity contribution is -0.0277. The molecule has 24 heavy (non-hydrogen) atoms. The van der Waals surface area contributed by atoms with Crippen LogP contribution in [0.5, 0.6) is 0 Å². The van der Waals surface area contributed by atoms with Gasteiger partial charge >= 0.3 is 0 Å². The van der Waals surface area contributed by atoms with Gasteiger partial charge in [-0.3, -0.25) is 18.7 Å². The van der Waals surface area contributed by atoms with Gasteiger partial charge in [0, 0.05) is 25.6 Å². The lowest BCUT2D eigenvalue weighted by Gasteiger charge is -2.41. The number of hydrogen-bond donors (Lipinski definition) is 1. The average molecular weight is 347 g/mol. The fourth-order valence-corrected chi connectivity index (χ4v) is 4.40. The zero-order valence-electron chi connectivity index (χ0n) is 14.1.